The first-order valence-corrected chi connectivity index (χ1v) is 8.60. The number of carbonyl (C=O) groups excluding carboxylic acids is 1. The van der Waals surface area contributed by atoms with Crippen LogP contribution in [0.15, 0.2) is 42.5 Å². The van der Waals surface area contributed by atoms with Gasteiger partial charge >= 0.3 is 6.18 Å². The van der Waals surface area contributed by atoms with Crippen molar-refractivity contribution in [2.45, 2.75) is 18.7 Å². The van der Waals surface area contributed by atoms with Gasteiger partial charge in [-0.1, -0.05) is 47.5 Å². The fourth-order valence-corrected chi connectivity index (χ4v) is 2.52. The molecule has 0 aliphatic rings. The fourth-order valence-electron chi connectivity index (χ4n) is 2.18. The highest BCUT2D eigenvalue weighted by molar-refractivity contribution is 6.42. The van der Waals surface area contributed by atoms with Gasteiger partial charge in [0.15, 0.2) is 0 Å². The zero-order valence-corrected chi connectivity index (χ0v) is 15.4. The van der Waals surface area contributed by atoms with Crippen molar-refractivity contribution >= 4 is 29.1 Å². The lowest BCUT2D eigenvalue weighted by Gasteiger charge is -2.14. The van der Waals surface area contributed by atoms with Gasteiger partial charge in [-0.25, -0.2) is 0 Å². The van der Waals surface area contributed by atoms with Crippen molar-refractivity contribution in [2.75, 3.05) is 13.2 Å². The molecule has 2 N–H and O–H groups in total. The van der Waals surface area contributed by atoms with Crippen molar-refractivity contribution in [3.8, 4) is 5.75 Å². The Morgan fingerprint density at radius 1 is 1.19 bits per heavy atom. The van der Waals surface area contributed by atoms with Crippen LogP contribution in [-0.2, 0) is 17.4 Å². The molecular formula is C18H16Cl2F3NO3. The van der Waals surface area contributed by atoms with Gasteiger partial charge in [0.25, 0.3) is 0 Å². The molecule has 146 valence electrons. The van der Waals surface area contributed by atoms with E-state index in [4.69, 9.17) is 27.9 Å². The number of alkyl halides is 3. The summed E-state index contributed by atoms with van der Waals surface area (Å²) >= 11 is 11.8. The number of aliphatic hydroxyl groups excluding tert-OH is 1. The number of amides is 1. The number of aliphatic hydroxyl groups is 1. The van der Waals surface area contributed by atoms with Crippen LogP contribution in [0.3, 0.4) is 0 Å². The first-order valence-electron chi connectivity index (χ1n) is 7.84. The van der Waals surface area contributed by atoms with E-state index in [0.29, 0.717) is 10.8 Å². The van der Waals surface area contributed by atoms with Gasteiger partial charge in [0.1, 0.15) is 23.5 Å². The summed E-state index contributed by atoms with van der Waals surface area (Å²) in [5, 5.41) is 12.8. The third kappa shape index (κ3) is 6.61. The summed E-state index contributed by atoms with van der Waals surface area (Å²) in [4.78, 5) is 11.9. The van der Waals surface area contributed by atoms with E-state index >= 15 is 0 Å². The molecule has 0 radical (unpaired) electrons. The summed E-state index contributed by atoms with van der Waals surface area (Å²) in [6, 6.07) is 9.31. The molecule has 0 aliphatic heterocycles. The number of hydrogen-bond donors (Lipinski definition) is 2. The molecule has 0 aliphatic carbocycles. The predicted molar refractivity (Wildman–Crippen MR) is 96.1 cm³/mol. The van der Waals surface area contributed by atoms with Crippen molar-refractivity contribution in [2.24, 2.45) is 0 Å². The van der Waals surface area contributed by atoms with Crippen molar-refractivity contribution < 1.29 is 27.8 Å². The first-order chi connectivity index (χ1) is 12.7. The Bertz CT molecular complexity index is 800. The molecule has 2 rings (SSSR count). The smallest absolute Gasteiger partial charge is 0.416 e. The van der Waals surface area contributed by atoms with Crippen LogP contribution >= 0.6 is 23.2 Å². The molecule has 0 fully saturated rings. The Labute approximate surface area is 163 Å². The number of benzene rings is 2. The molecule has 2 aromatic carbocycles. The molecule has 2 aromatic rings. The monoisotopic (exact) mass is 421 g/mol. The van der Waals surface area contributed by atoms with Gasteiger partial charge in [-0.2, -0.15) is 13.2 Å². The average molecular weight is 422 g/mol. The van der Waals surface area contributed by atoms with E-state index < -0.39 is 23.8 Å². The lowest BCUT2D eigenvalue weighted by Crippen LogP contribution is -2.36. The van der Waals surface area contributed by atoms with Gasteiger partial charge in [-0.05, 0) is 23.8 Å². The SMILES string of the molecule is O=C(Cc1cccc(C(F)(F)F)c1)NCC(O)COc1cccc(Cl)c1Cl. The van der Waals surface area contributed by atoms with E-state index in [1.807, 2.05) is 0 Å². The number of halogens is 5. The number of hydrogen-bond acceptors (Lipinski definition) is 3. The molecule has 0 bridgehead atoms. The summed E-state index contributed by atoms with van der Waals surface area (Å²) < 4.78 is 43.4. The van der Waals surface area contributed by atoms with Gasteiger partial charge in [0.2, 0.25) is 5.91 Å². The zero-order chi connectivity index (χ0) is 20.0. The highest BCUT2D eigenvalue weighted by Gasteiger charge is 2.30. The molecule has 1 unspecified atom stereocenters. The standard InChI is InChI=1S/C18H16Cl2F3NO3/c19-14-5-2-6-15(17(14)20)27-10-13(25)9-24-16(26)8-11-3-1-4-12(7-11)18(21,22)23/h1-7,13,25H,8-10H2,(H,24,26). The van der Waals surface area contributed by atoms with Crippen molar-refractivity contribution in [3.63, 3.8) is 0 Å². The molecule has 0 saturated carbocycles. The first kappa shape index (κ1) is 21.3. The van der Waals surface area contributed by atoms with Crippen LogP contribution in [-0.4, -0.2) is 30.3 Å². The van der Waals surface area contributed by atoms with Gasteiger partial charge in [-0.15, -0.1) is 0 Å². The van der Waals surface area contributed by atoms with Crippen LogP contribution in [0.2, 0.25) is 10.0 Å². The van der Waals surface area contributed by atoms with E-state index in [0.717, 1.165) is 12.1 Å². The normalized spacial score (nSPS) is 12.5. The molecule has 0 aromatic heterocycles. The Balaban J connectivity index is 1.80. The number of carbonyl (C=O) groups is 1. The van der Waals surface area contributed by atoms with E-state index in [9.17, 15) is 23.1 Å². The molecule has 0 heterocycles. The van der Waals surface area contributed by atoms with Crippen LogP contribution in [0.25, 0.3) is 0 Å². The zero-order valence-electron chi connectivity index (χ0n) is 13.9. The minimum absolute atomic E-state index is 0.129. The van der Waals surface area contributed by atoms with E-state index in [1.165, 1.54) is 12.1 Å². The molecule has 1 amide bonds. The van der Waals surface area contributed by atoms with Crippen molar-refractivity contribution in [1.29, 1.82) is 0 Å². The quantitative estimate of drug-likeness (QED) is 0.706. The third-order valence-corrected chi connectivity index (χ3v) is 4.30. The van der Waals surface area contributed by atoms with Crippen molar-refractivity contribution in [3.05, 3.63) is 63.6 Å². The Kier molecular flexibility index (Phi) is 7.35. The maximum atomic E-state index is 12.7. The predicted octanol–water partition coefficient (Wildman–Crippen LogP) is 4.11. The van der Waals surface area contributed by atoms with Crippen molar-refractivity contribution in [1.82, 2.24) is 5.32 Å². The van der Waals surface area contributed by atoms with Gasteiger partial charge in [0.05, 0.1) is 17.0 Å². The number of rotatable bonds is 7. The second kappa shape index (κ2) is 9.30. The summed E-state index contributed by atoms with van der Waals surface area (Å²) in [6.45, 7) is -0.278. The van der Waals surface area contributed by atoms with E-state index in [1.54, 1.807) is 18.2 Å². The van der Waals surface area contributed by atoms with Crippen LogP contribution in [0, 0.1) is 0 Å². The third-order valence-electron chi connectivity index (χ3n) is 3.50. The number of nitrogens with one attached hydrogen (secondary N) is 1. The van der Waals surface area contributed by atoms with E-state index in [2.05, 4.69) is 5.32 Å². The largest absolute Gasteiger partial charge is 0.489 e. The second-order valence-electron chi connectivity index (χ2n) is 5.70. The summed E-state index contributed by atoms with van der Waals surface area (Å²) in [6.07, 6.45) is -5.75. The lowest BCUT2D eigenvalue weighted by atomic mass is 10.1. The minimum atomic E-state index is -4.47. The van der Waals surface area contributed by atoms with Gasteiger partial charge in [0, 0.05) is 6.54 Å². The van der Waals surface area contributed by atoms with Crippen LogP contribution in [0.1, 0.15) is 11.1 Å². The molecule has 1 atom stereocenters. The maximum absolute atomic E-state index is 12.7. The van der Waals surface area contributed by atoms with Crippen LogP contribution in [0.4, 0.5) is 13.2 Å². The topological polar surface area (TPSA) is 58.6 Å². The summed E-state index contributed by atoms with van der Waals surface area (Å²) in [5.41, 5.74) is -0.599. The van der Waals surface area contributed by atoms with Gasteiger partial charge in [-0.3, -0.25) is 4.79 Å². The Morgan fingerprint density at radius 3 is 2.59 bits per heavy atom. The summed E-state index contributed by atoms with van der Waals surface area (Å²) in [5.74, 6) is -0.229. The molecule has 27 heavy (non-hydrogen) atoms. The lowest BCUT2D eigenvalue weighted by molar-refractivity contribution is -0.137. The molecule has 9 heteroatoms. The average Bonchev–Trinajstić information content (AvgIpc) is 2.61. The highest BCUT2D eigenvalue weighted by Crippen LogP contribution is 2.31. The Morgan fingerprint density at radius 2 is 1.89 bits per heavy atom. The van der Waals surface area contributed by atoms with Crippen LogP contribution in [0.5, 0.6) is 5.75 Å². The molecule has 0 spiro atoms. The number of ether oxygens (including phenoxy) is 1. The minimum Gasteiger partial charge on any atom is -0.489 e. The van der Waals surface area contributed by atoms with Gasteiger partial charge < -0.3 is 15.2 Å². The van der Waals surface area contributed by atoms with Crippen LogP contribution < -0.4 is 10.1 Å². The summed E-state index contributed by atoms with van der Waals surface area (Å²) in [7, 11) is 0. The van der Waals surface area contributed by atoms with E-state index in [-0.39, 0.29) is 30.2 Å². The maximum Gasteiger partial charge on any atom is 0.416 e. The second-order valence-corrected chi connectivity index (χ2v) is 6.48. The Hall–Kier alpha value is -1.96. The highest BCUT2D eigenvalue weighted by atomic mass is 35.5. The molecule has 0 saturated heterocycles. The molecule has 4 nitrogen and oxygen atoms in total. The molecular weight excluding hydrogens is 406 g/mol. The fraction of sp³-hybridized carbons (Fsp3) is 0.278.